The standard InChI is InChI=1S/C6H9NO3/c1-7(4-2-3-4)5(8)6(9)10/h4H,2-3H2,1H3,(H,9,10). The topological polar surface area (TPSA) is 57.6 Å². The largest absolute Gasteiger partial charge is 0.474 e. The van der Waals surface area contributed by atoms with E-state index in [-0.39, 0.29) is 6.04 Å². The quantitative estimate of drug-likeness (QED) is 0.512. The molecule has 0 radical (unpaired) electrons. The highest BCUT2D eigenvalue weighted by Gasteiger charge is 2.32. The van der Waals surface area contributed by atoms with Crippen molar-refractivity contribution in [3.05, 3.63) is 0 Å². The zero-order chi connectivity index (χ0) is 7.72. The van der Waals surface area contributed by atoms with Crippen LogP contribution in [0.3, 0.4) is 0 Å². The van der Waals surface area contributed by atoms with Gasteiger partial charge in [-0.25, -0.2) is 4.79 Å². The Bertz CT molecular complexity index is 174. The van der Waals surface area contributed by atoms with Crippen molar-refractivity contribution >= 4 is 11.9 Å². The Labute approximate surface area is 58.4 Å². The summed E-state index contributed by atoms with van der Waals surface area (Å²) in [6, 6.07) is 0.184. The minimum Gasteiger partial charge on any atom is -0.474 e. The van der Waals surface area contributed by atoms with Crippen LogP contribution in [0.15, 0.2) is 0 Å². The molecule has 1 aliphatic rings. The van der Waals surface area contributed by atoms with Gasteiger partial charge in [0.1, 0.15) is 0 Å². The van der Waals surface area contributed by atoms with Gasteiger partial charge in [-0.15, -0.1) is 0 Å². The molecule has 0 saturated heterocycles. The first-order valence-corrected chi connectivity index (χ1v) is 3.13. The maximum Gasteiger partial charge on any atom is 0.394 e. The predicted molar refractivity (Wildman–Crippen MR) is 33.4 cm³/mol. The Hall–Kier alpha value is -1.06. The first-order valence-electron chi connectivity index (χ1n) is 3.13. The number of nitrogens with zero attached hydrogens (tertiary/aromatic N) is 1. The molecule has 0 aliphatic heterocycles. The molecular formula is C6H9NO3. The first kappa shape index (κ1) is 7.05. The maximum atomic E-state index is 10.7. The zero-order valence-electron chi connectivity index (χ0n) is 5.70. The van der Waals surface area contributed by atoms with E-state index in [0.29, 0.717) is 0 Å². The SMILES string of the molecule is CN(C(=O)C(=O)O)C1CC1. The van der Waals surface area contributed by atoms with E-state index in [1.54, 1.807) is 0 Å². The highest BCUT2D eigenvalue weighted by Crippen LogP contribution is 2.25. The van der Waals surface area contributed by atoms with Crippen LogP contribution in [-0.2, 0) is 9.59 Å². The van der Waals surface area contributed by atoms with E-state index in [4.69, 9.17) is 5.11 Å². The second-order valence-corrected chi connectivity index (χ2v) is 2.45. The predicted octanol–water partition coefficient (Wildman–Crippen LogP) is -0.308. The van der Waals surface area contributed by atoms with Gasteiger partial charge in [0.25, 0.3) is 0 Å². The molecule has 1 aliphatic carbocycles. The fourth-order valence-electron chi connectivity index (χ4n) is 0.779. The van der Waals surface area contributed by atoms with Crippen LogP contribution in [-0.4, -0.2) is 35.0 Å². The van der Waals surface area contributed by atoms with Gasteiger partial charge in [-0.1, -0.05) is 0 Å². The second kappa shape index (κ2) is 2.28. The van der Waals surface area contributed by atoms with Crippen molar-refractivity contribution in [3.8, 4) is 0 Å². The van der Waals surface area contributed by atoms with Crippen molar-refractivity contribution in [3.63, 3.8) is 0 Å². The monoisotopic (exact) mass is 143 g/mol. The summed E-state index contributed by atoms with van der Waals surface area (Å²) in [6.45, 7) is 0. The Balaban J connectivity index is 2.46. The Morgan fingerprint density at radius 2 is 2.00 bits per heavy atom. The summed E-state index contributed by atoms with van der Waals surface area (Å²) in [4.78, 5) is 22.0. The Morgan fingerprint density at radius 3 is 2.30 bits per heavy atom. The van der Waals surface area contributed by atoms with Crippen LogP contribution in [0.5, 0.6) is 0 Å². The van der Waals surface area contributed by atoms with Crippen LogP contribution in [0.4, 0.5) is 0 Å². The number of carboxylic acid groups (broad SMARTS) is 1. The lowest BCUT2D eigenvalue weighted by atomic mass is 10.5. The van der Waals surface area contributed by atoms with Gasteiger partial charge < -0.3 is 10.0 Å². The van der Waals surface area contributed by atoms with Crippen LogP contribution in [0, 0.1) is 0 Å². The number of hydrogen-bond acceptors (Lipinski definition) is 2. The van der Waals surface area contributed by atoms with Gasteiger partial charge in [0, 0.05) is 13.1 Å². The molecule has 0 heterocycles. The molecule has 1 amide bonds. The van der Waals surface area contributed by atoms with Crippen molar-refractivity contribution in [1.29, 1.82) is 0 Å². The van der Waals surface area contributed by atoms with Crippen molar-refractivity contribution in [2.45, 2.75) is 18.9 Å². The van der Waals surface area contributed by atoms with Gasteiger partial charge in [0.15, 0.2) is 0 Å². The molecule has 0 bridgehead atoms. The summed E-state index contributed by atoms with van der Waals surface area (Å²) >= 11 is 0. The molecule has 1 N–H and O–H groups in total. The number of hydrogen-bond donors (Lipinski definition) is 1. The third kappa shape index (κ3) is 1.26. The number of amides is 1. The van der Waals surface area contributed by atoms with Crippen LogP contribution in [0.2, 0.25) is 0 Å². The van der Waals surface area contributed by atoms with E-state index in [0.717, 1.165) is 12.8 Å². The lowest BCUT2D eigenvalue weighted by Crippen LogP contribution is -2.34. The number of likely N-dealkylation sites (N-methyl/N-ethyl adjacent to an activating group) is 1. The third-order valence-corrected chi connectivity index (χ3v) is 1.60. The molecule has 0 aromatic carbocycles. The Kier molecular flexibility index (Phi) is 1.61. The number of carbonyl (C=O) groups excluding carboxylic acids is 1. The highest BCUT2D eigenvalue weighted by molar-refractivity contribution is 6.31. The molecular weight excluding hydrogens is 134 g/mol. The average molecular weight is 143 g/mol. The smallest absolute Gasteiger partial charge is 0.394 e. The van der Waals surface area contributed by atoms with Gasteiger partial charge >= 0.3 is 11.9 Å². The molecule has 10 heavy (non-hydrogen) atoms. The van der Waals surface area contributed by atoms with Gasteiger partial charge in [-0.3, -0.25) is 4.79 Å². The van der Waals surface area contributed by atoms with Gasteiger partial charge in [0.05, 0.1) is 0 Å². The van der Waals surface area contributed by atoms with E-state index >= 15 is 0 Å². The minimum absolute atomic E-state index is 0.184. The lowest BCUT2D eigenvalue weighted by molar-refractivity contribution is -0.155. The third-order valence-electron chi connectivity index (χ3n) is 1.60. The van der Waals surface area contributed by atoms with Crippen molar-refractivity contribution in [2.24, 2.45) is 0 Å². The summed E-state index contributed by atoms with van der Waals surface area (Å²) in [5.74, 6) is -2.17. The molecule has 0 spiro atoms. The van der Waals surface area contributed by atoms with Crippen LogP contribution in [0.1, 0.15) is 12.8 Å². The summed E-state index contributed by atoms with van der Waals surface area (Å²) in [5, 5.41) is 8.24. The van der Waals surface area contributed by atoms with Crippen LogP contribution < -0.4 is 0 Å². The minimum atomic E-state index is -1.37. The van der Waals surface area contributed by atoms with Gasteiger partial charge in [-0.2, -0.15) is 0 Å². The second-order valence-electron chi connectivity index (χ2n) is 2.45. The average Bonchev–Trinajstić information content (AvgIpc) is 2.65. The molecule has 0 aromatic rings. The van der Waals surface area contributed by atoms with Crippen LogP contribution >= 0.6 is 0 Å². The fourth-order valence-corrected chi connectivity index (χ4v) is 0.779. The molecule has 4 nitrogen and oxygen atoms in total. The normalized spacial score (nSPS) is 16.5. The van der Waals surface area contributed by atoms with Crippen molar-refractivity contribution in [2.75, 3.05) is 7.05 Å². The van der Waals surface area contributed by atoms with Crippen LogP contribution in [0.25, 0.3) is 0 Å². The van der Waals surface area contributed by atoms with Gasteiger partial charge in [-0.05, 0) is 12.8 Å². The maximum absolute atomic E-state index is 10.7. The van der Waals surface area contributed by atoms with E-state index in [1.807, 2.05) is 0 Å². The highest BCUT2D eigenvalue weighted by atomic mass is 16.4. The van der Waals surface area contributed by atoms with Crippen molar-refractivity contribution < 1.29 is 14.7 Å². The zero-order valence-corrected chi connectivity index (χ0v) is 5.70. The molecule has 1 rings (SSSR count). The molecule has 1 fully saturated rings. The van der Waals surface area contributed by atoms with Crippen molar-refractivity contribution in [1.82, 2.24) is 4.90 Å². The summed E-state index contributed by atoms with van der Waals surface area (Å²) < 4.78 is 0. The first-order chi connectivity index (χ1) is 4.63. The number of rotatable bonds is 1. The number of carboxylic acids is 1. The molecule has 1 saturated carbocycles. The molecule has 0 aromatic heterocycles. The Morgan fingerprint density at radius 1 is 1.50 bits per heavy atom. The summed E-state index contributed by atoms with van der Waals surface area (Å²) in [5.41, 5.74) is 0. The van der Waals surface area contributed by atoms with E-state index in [9.17, 15) is 9.59 Å². The van der Waals surface area contributed by atoms with E-state index < -0.39 is 11.9 Å². The van der Waals surface area contributed by atoms with E-state index in [2.05, 4.69) is 0 Å². The summed E-state index contributed by atoms with van der Waals surface area (Å²) in [7, 11) is 1.52. The molecule has 0 atom stereocenters. The van der Waals surface area contributed by atoms with Gasteiger partial charge in [0.2, 0.25) is 0 Å². The number of carbonyl (C=O) groups is 2. The van der Waals surface area contributed by atoms with E-state index in [1.165, 1.54) is 11.9 Å². The fraction of sp³-hybridized carbons (Fsp3) is 0.667. The molecule has 4 heteroatoms. The lowest BCUT2D eigenvalue weighted by Gasteiger charge is -2.11. The summed E-state index contributed by atoms with van der Waals surface area (Å²) in [6.07, 6.45) is 1.88. The molecule has 56 valence electrons. The number of aliphatic carboxylic acids is 1. The molecule has 0 unspecified atom stereocenters.